The average Bonchev–Trinajstić information content (AvgIpc) is 2.30. The monoisotopic (exact) mass is 239 g/mol. The molecule has 0 saturated heterocycles. The van der Waals surface area contributed by atoms with Crippen LogP contribution in [0.5, 0.6) is 0 Å². The van der Waals surface area contributed by atoms with Crippen molar-refractivity contribution in [2.75, 3.05) is 26.5 Å². The Hall–Kier alpha value is -0.510. The molecular weight excluding hydrogens is 218 g/mol. The van der Waals surface area contributed by atoms with Crippen molar-refractivity contribution >= 4 is 11.8 Å². The molecule has 0 aliphatic heterocycles. The molecule has 1 aromatic carbocycles. The topological polar surface area (TPSA) is 21.3 Å². The van der Waals surface area contributed by atoms with Gasteiger partial charge in [0.1, 0.15) is 0 Å². The van der Waals surface area contributed by atoms with Gasteiger partial charge in [0, 0.05) is 24.7 Å². The fourth-order valence-corrected chi connectivity index (χ4v) is 2.71. The first-order valence-electron chi connectivity index (χ1n) is 5.56. The molecule has 0 radical (unpaired) electrons. The number of benzene rings is 1. The highest BCUT2D eigenvalue weighted by molar-refractivity contribution is 7.98. The van der Waals surface area contributed by atoms with E-state index in [0.29, 0.717) is 6.04 Å². The molecule has 1 atom stereocenters. The Bertz CT molecular complexity index is 304. The van der Waals surface area contributed by atoms with Crippen molar-refractivity contribution in [3.05, 3.63) is 35.4 Å². The number of hydrogen-bond donors (Lipinski definition) is 1. The predicted octanol–water partition coefficient (Wildman–Crippen LogP) is 2.46. The summed E-state index contributed by atoms with van der Waals surface area (Å²) in [6.45, 7) is 2.94. The second-order valence-corrected chi connectivity index (χ2v) is 4.91. The molecule has 0 aliphatic rings. The van der Waals surface area contributed by atoms with Gasteiger partial charge in [-0.15, -0.1) is 0 Å². The zero-order valence-electron chi connectivity index (χ0n) is 10.3. The molecule has 0 heterocycles. The Morgan fingerprint density at radius 1 is 1.38 bits per heavy atom. The van der Waals surface area contributed by atoms with Gasteiger partial charge < -0.3 is 10.1 Å². The van der Waals surface area contributed by atoms with Crippen LogP contribution < -0.4 is 5.32 Å². The van der Waals surface area contributed by atoms with E-state index in [-0.39, 0.29) is 0 Å². The summed E-state index contributed by atoms with van der Waals surface area (Å²) in [6, 6.07) is 9.01. The van der Waals surface area contributed by atoms with Crippen LogP contribution in [0.1, 0.15) is 11.1 Å². The molecule has 0 aliphatic carbocycles. The van der Waals surface area contributed by atoms with E-state index in [1.54, 1.807) is 7.11 Å². The molecule has 1 N–H and O–H groups in total. The summed E-state index contributed by atoms with van der Waals surface area (Å²) in [6.07, 6.45) is 0. The Morgan fingerprint density at radius 2 is 2.12 bits per heavy atom. The molecule has 0 spiro atoms. The number of methoxy groups -OCH3 is 1. The summed E-state index contributed by atoms with van der Waals surface area (Å²) in [4.78, 5) is 0. The van der Waals surface area contributed by atoms with E-state index in [0.717, 1.165) is 18.1 Å². The first-order valence-corrected chi connectivity index (χ1v) is 6.72. The Kier molecular flexibility index (Phi) is 6.53. The molecular formula is C13H21NOS. The van der Waals surface area contributed by atoms with Crippen LogP contribution in [0.2, 0.25) is 0 Å². The van der Waals surface area contributed by atoms with Crippen molar-refractivity contribution in [1.29, 1.82) is 0 Å². The van der Waals surface area contributed by atoms with E-state index in [2.05, 4.69) is 36.5 Å². The van der Waals surface area contributed by atoms with Gasteiger partial charge in [-0.3, -0.25) is 0 Å². The summed E-state index contributed by atoms with van der Waals surface area (Å²) in [5.41, 5.74) is 2.81. The maximum Gasteiger partial charge on any atom is 0.0623 e. The van der Waals surface area contributed by atoms with Gasteiger partial charge in [0.05, 0.1) is 6.61 Å². The number of nitrogens with one attached hydrogen (secondary N) is 1. The lowest BCUT2D eigenvalue weighted by molar-refractivity contribution is 0.177. The third-order valence-corrected chi connectivity index (χ3v) is 3.77. The number of ether oxygens (including phenoxy) is 1. The van der Waals surface area contributed by atoms with Crippen molar-refractivity contribution in [3.8, 4) is 0 Å². The van der Waals surface area contributed by atoms with Crippen molar-refractivity contribution < 1.29 is 4.74 Å². The Morgan fingerprint density at radius 3 is 2.75 bits per heavy atom. The number of likely N-dealkylation sites (N-methyl/N-ethyl adjacent to an activating group) is 1. The lowest BCUT2D eigenvalue weighted by Crippen LogP contribution is -2.32. The SMILES string of the molecule is CNC(COC)CSCc1ccccc1C. The van der Waals surface area contributed by atoms with Crippen LogP contribution in [0, 0.1) is 6.92 Å². The van der Waals surface area contributed by atoms with Gasteiger partial charge >= 0.3 is 0 Å². The van der Waals surface area contributed by atoms with Crippen LogP contribution in [-0.4, -0.2) is 32.6 Å². The molecule has 2 nitrogen and oxygen atoms in total. The molecule has 16 heavy (non-hydrogen) atoms. The number of rotatable bonds is 7. The molecule has 90 valence electrons. The van der Waals surface area contributed by atoms with Crippen molar-refractivity contribution in [2.45, 2.75) is 18.7 Å². The summed E-state index contributed by atoms with van der Waals surface area (Å²) in [5, 5.41) is 3.26. The van der Waals surface area contributed by atoms with Gasteiger partial charge in [0.25, 0.3) is 0 Å². The van der Waals surface area contributed by atoms with Gasteiger partial charge in [0.15, 0.2) is 0 Å². The van der Waals surface area contributed by atoms with Gasteiger partial charge in [-0.25, -0.2) is 0 Å². The van der Waals surface area contributed by atoms with Gasteiger partial charge in [-0.1, -0.05) is 24.3 Å². The number of hydrogen-bond acceptors (Lipinski definition) is 3. The van der Waals surface area contributed by atoms with E-state index in [1.165, 1.54) is 11.1 Å². The first kappa shape index (κ1) is 13.6. The molecule has 0 saturated carbocycles. The standard InChI is InChI=1S/C13H21NOS/c1-11-6-4-5-7-12(11)9-16-10-13(14-2)8-15-3/h4-7,13-14H,8-10H2,1-3H3. The molecule has 0 bridgehead atoms. The maximum absolute atomic E-state index is 5.15. The third kappa shape index (κ3) is 4.56. The second-order valence-electron chi connectivity index (χ2n) is 3.88. The van der Waals surface area contributed by atoms with E-state index < -0.39 is 0 Å². The van der Waals surface area contributed by atoms with Gasteiger partial charge in [-0.05, 0) is 25.1 Å². The van der Waals surface area contributed by atoms with Crippen molar-refractivity contribution in [3.63, 3.8) is 0 Å². The lowest BCUT2D eigenvalue weighted by Gasteiger charge is -2.14. The summed E-state index contributed by atoms with van der Waals surface area (Å²) in [7, 11) is 3.73. The smallest absolute Gasteiger partial charge is 0.0623 e. The first-order chi connectivity index (χ1) is 7.77. The fourth-order valence-electron chi connectivity index (χ4n) is 1.50. The fraction of sp³-hybridized carbons (Fsp3) is 0.538. The zero-order chi connectivity index (χ0) is 11.8. The Balaban J connectivity index is 2.32. The quantitative estimate of drug-likeness (QED) is 0.790. The highest BCUT2D eigenvalue weighted by atomic mass is 32.2. The van der Waals surface area contributed by atoms with E-state index >= 15 is 0 Å². The summed E-state index contributed by atoms with van der Waals surface area (Å²) < 4.78 is 5.15. The van der Waals surface area contributed by atoms with E-state index in [9.17, 15) is 0 Å². The van der Waals surface area contributed by atoms with Crippen molar-refractivity contribution in [2.24, 2.45) is 0 Å². The highest BCUT2D eigenvalue weighted by Crippen LogP contribution is 2.16. The molecule has 1 aromatic rings. The van der Waals surface area contributed by atoms with Gasteiger partial charge in [0.2, 0.25) is 0 Å². The van der Waals surface area contributed by atoms with E-state index in [1.807, 2.05) is 18.8 Å². The van der Waals surface area contributed by atoms with Crippen LogP contribution in [0.15, 0.2) is 24.3 Å². The van der Waals surface area contributed by atoms with Crippen molar-refractivity contribution in [1.82, 2.24) is 5.32 Å². The molecule has 3 heteroatoms. The maximum atomic E-state index is 5.15. The largest absolute Gasteiger partial charge is 0.383 e. The minimum absolute atomic E-state index is 0.444. The predicted molar refractivity (Wildman–Crippen MR) is 72.1 cm³/mol. The summed E-state index contributed by atoms with van der Waals surface area (Å²) in [5.74, 6) is 2.16. The van der Waals surface area contributed by atoms with Crippen LogP contribution in [0.25, 0.3) is 0 Å². The Labute approximate surface area is 103 Å². The lowest BCUT2D eigenvalue weighted by atomic mass is 10.1. The highest BCUT2D eigenvalue weighted by Gasteiger charge is 2.05. The zero-order valence-corrected chi connectivity index (χ0v) is 11.1. The molecule has 0 amide bonds. The molecule has 1 unspecified atom stereocenters. The minimum atomic E-state index is 0.444. The molecule has 1 rings (SSSR count). The van der Waals surface area contributed by atoms with Crippen LogP contribution in [0.3, 0.4) is 0 Å². The number of thioether (sulfide) groups is 1. The van der Waals surface area contributed by atoms with Crippen LogP contribution in [-0.2, 0) is 10.5 Å². The minimum Gasteiger partial charge on any atom is -0.383 e. The normalized spacial score (nSPS) is 12.7. The summed E-state index contributed by atoms with van der Waals surface area (Å²) >= 11 is 1.95. The average molecular weight is 239 g/mol. The third-order valence-electron chi connectivity index (χ3n) is 2.61. The van der Waals surface area contributed by atoms with Gasteiger partial charge in [-0.2, -0.15) is 11.8 Å². The number of aryl methyl sites for hydroxylation is 1. The van der Waals surface area contributed by atoms with E-state index in [4.69, 9.17) is 4.74 Å². The van der Waals surface area contributed by atoms with Crippen LogP contribution >= 0.6 is 11.8 Å². The second kappa shape index (κ2) is 7.71. The van der Waals surface area contributed by atoms with Crippen LogP contribution in [0.4, 0.5) is 0 Å². The molecule has 0 fully saturated rings. The molecule has 0 aromatic heterocycles.